The fourth-order valence-corrected chi connectivity index (χ4v) is 3.19. The zero-order valence-electron chi connectivity index (χ0n) is 12.4. The summed E-state index contributed by atoms with van der Waals surface area (Å²) in [6.07, 6.45) is 3.40. The topological polar surface area (TPSA) is 59.8 Å². The highest BCUT2D eigenvalue weighted by Crippen LogP contribution is 2.26. The molecule has 1 N–H and O–H groups in total. The molecule has 2 aromatic rings. The van der Waals surface area contributed by atoms with Gasteiger partial charge in [0.05, 0.1) is 10.9 Å². The van der Waals surface area contributed by atoms with Crippen molar-refractivity contribution in [3.05, 3.63) is 47.2 Å². The first-order chi connectivity index (χ1) is 10.5. The van der Waals surface area contributed by atoms with Gasteiger partial charge in [-0.25, -0.2) is 0 Å². The molecule has 1 amide bonds. The maximum atomic E-state index is 12.3. The van der Waals surface area contributed by atoms with Crippen molar-refractivity contribution in [3.8, 4) is 0 Å². The number of nitrogens with one attached hydrogen (secondary N) is 1. The molecule has 116 valence electrons. The van der Waals surface area contributed by atoms with Crippen LogP contribution in [0, 0.1) is 6.92 Å². The Morgan fingerprint density at radius 2 is 2.36 bits per heavy atom. The van der Waals surface area contributed by atoms with E-state index in [-0.39, 0.29) is 11.2 Å². The van der Waals surface area contributed by atoms with Gasteiger partial charge in [-0.05, 0) is 47.5 Å². The lowest BCUT2D eigenvalue weighted by atomic mass is 10.2. The number of aryl methyl sites for hydroxylation is 1. The minimum absolute atomic E-state index is 0.0808. The number of thioether (sulfide) groups is 1. The summed E-state index contributed by atoms with van der Waals surface area (Å²) in [5.74, 6) is -0.0808. The predicted octanol–water partition coefficient (Wildman–Crippen LogP) is 3.65. The van der Waals surface area contributed by atoms with E-state index in [1.165, 1.54) is 11.8 Å². The zero-order valence-corrected chi connectivity index (χ0v) is 14.8. The van der Waals surface area contributed by atoms with Crippen molar-refractivity contribution in [2.45, 2.75) is 30.8 Å². The van der Waals surface area contributed by atoms with Gasteiger partial charge in [0.25, 0.3) is 0 Å². The Morgan fingerprint density at radius 1 is 1.59 bits per heavy atom. The van der Waals surface area contributed by atoms with Gasteiger partial charge in [0.1, 0.15) is 6.33 Å². The number of allylic oxidation sites excluding steroid dienone is 1. The van der Waals surface area contributed by atoms with Gasteiger partial charge in [0.2, 0.25) is 5.91 Å². The molecular formula is C15H17BrN4OS. The fraction of sp³-hybridized carbons (Fsp3) is 0.267. The number of nitrogens with zero attached hydrogens (tertiary/aromatic N) is 3. The summed E-state index contributed by atoms with van der Waals surface area (Å²) in [7, 11) is 0. The highest BCUT2D eigenvalue weighted by molar-refractivity contribution is 9.10. The number of hydrogen-bond acceptors (Lipinski definition) is 4. The average molecular weight is 381 g/mol. The molecule has 0 aliphatic heterocycles. The summed E-state index contributed by atoms with van der Waals surface area (Å²) < 4.78 is 2.72. The van der Waals surface area contributed by atoms with Crippen molar-refractivity contribution in [2.75, 3.05) is 5.32 Å². The molecule has 22 heavy (non-hydrogen) atoms. The van der Waals surface area contributed by atoms with Gasteiger partial charge in [-0.3, -0.25) is 4.79 Å². The second-order valence-corrected chi connectivity index (χ2v) is 6.95. The van der Waals surface area contributed by atoms with Crippen LogP contribution < -0.4 is 5.32 Å². The van der Waals surface area contributed by atoms with Gasteiger partial charge in [0.15, 0.2) is 5.16 Å². The maximum absolute atomic E-state index is 12.3. The van der Waals surface area contributed by atoms with E-state index < -0.39 is 0 Å². The van der Waals surface area contributed by atoms with E-state index in [0.29, 0.717) is 11.7 Å². The molecule has 7 heteroatoms. The molecule has 0 aliphatic carbocycles. The summed E-state index contributed by atoms with van der Waals surface area (Å²) >= 11 is 4.83. The molecule has 1 aromatic heterocycles. The van der Waals surface area contributed by atoms with Crippen LogP contribution in [-0.4, -0.2) is 25.9 Å². The van der Waals surface area contributed by atoms with Crippen LogP contribution in [0.3, 0.4) is 0 Å². The molecule has 1 aromatic carbocycles. The lowest BCUT2D eigenvalue weighted by Gasteiger charge is -2.13. The third-order valence-electron chi connectivity index (χ3n) is 2.94. The smallest absolute Gasteiger partial charge is 0.237 e. The van der Waals surface area contributed by atoms with Crippen LogP contribution in [-0.2, 0) is 11.3 Å². The molecule has 0 spiro atoms. The zero-order chi connectivity index (χ0) is 16.1. The van der Waals surface area contributed by atoms with Crippen molar-refractivity contribution in [1.29, 1.82) is 0 Å². The van der Waals surface area contributed by atoms with Crippen LogP contribution in [0.5, 0.6) is 0 Å². The van der Waals surface area contributed by atoms with Crippen molar-refractivity contribution in [2.24, 2.45) is 0 Å². The number of amides is 1. The lowest BCUT2D eigenvalue weighted by molar-refractivity contribution is -0.115. The summed E-state index contributed by atoms with van der Waals surface area (Å²) in [6, 6.07) is 5.81. The quantitative estimate of drug-likeness (QED) is 0.613. The van der Waals surface area contributed by atoms with Gasteiger partial charge < -0.3 is 9.88 Å². The molecular weight excluding hydrogens is 364 g/mol. The normalized spacial score (nSPS) is 12.0. The molecule has 1 unspecified atom stereocenters. The number of halogens is 1. The molecule has 1 heterocycles. The lowest BCUT2D eigenvalue weighted by Crippen LogP contribution is -2.23. The SMILES string of the molecule is C=CCn1cnnc1SC(C)C(=O)Nc1ccc(C)cc1Br. The van der Waals surface area contributed by atoms with Gasteiger partial charge in [-0.2, -0.15) is 0 Å². The monoisotopic (exact) mass is 380 g/mol. The Bertz CT molecular complexity index is 686. The average Bonchev–Trinajstić information content (AvgIpc) is 2.89. The van der Waals surface area contributed by atoms with E-state index in [0.717, 1.165) is 15.7 Å². The van der Waals surface area contributed by atoms with Crippen LogP contribution >= 0.6 is 27.7 Å². The standard InChI is InChI=1S/C15H17BrN4OS/c1-4-7-20-9-17-19-15(20)22-11(3)14(21)18-13-6-5-10(2)8-12(13)16/h4-6,8-9,11H,1,7H2,2-3H3,(H,18,21). The Kier molecular flexibility index (Phi) is 5.79. The largest absolute Gasteiger partial charge is 0.324 e. The summed E-state index contributed by atoms with van der Waals surface area (Å²) in [5, 5.41) is 11.2. The van der Waals surface area contributed by atoms with Gasteiger partial charge >= 0.3 is 0 Å². The van der Waals surface area contributed by atoms with E-state index in [1.54, 1.807) is 12.4 Å². The summed E-state index contributed by atoms with van der Waals surface area (Å²) in [4.78, 5) is 12.3. The number of anilines is 1. The van der Waals surface area contributed by atoms with Crippen LogP contribution in [0.4, 0.5) is 5.69 Å². The fourth-order valence-electron chi connectivity index (χ4n) is 1.77. The number of benzene rings is 1. The van der Waals surface area contributed by atoms with E-state index in [1.807, 2.05) is 36.6 Å². The molecule has 0 bridgehead atoms. The molecule has 1 atom stereocenters. The van der Waals surface area contributed by atoms with Crippen molar-refractivity contribution < 1.29 is 4.79 Å². The van der Waals surface area contributed by atoms with Gasteiger partial charge in [-0.1, -0.05) is 23.9 Å². The Hall–Kier alpha value is -1.60. The Morgan fingerprint density at radius 3 is 3.05 bits per heavy atom. The first kappa shape index (κ1) is 16.8. The molecule has 5 nitrogen and oxygen atoms in total. The van der Waals surface area contributed by atoms with E-state index in [9.17, 15) is 4.79 Å². The highest BCUT2D eigenvalue weighted by atomic mass is 79.9. The van der Waals surface area contributed by atoms with E-state index in [2.05, 4.69) is 38.0 Å². The van der Waals surface area contributed by atoms with Crippen LogP contribution in [0.1, 0.15) is 12.5 Å². The van der Waals surface area contributed by atoms with Gasteiger partial charge in [-0.15, -0.1) is 16.8 Å². The minimum atomic E-state index is -0.291. The number of carbonyl (C=O) groups excluding carboxylic acids is 1. The molecule has 0 radical (unpaired) electrons. The third kappa shape index (κ3) is 4.20. The molecule has 2 rings (SSSR count). The third-order valence-corrected chi connectivity index (χ3v) is 4.69. The van der Waals surface area contributed by atoms with Crippen LogP contribution in [0.25, 0.3) is 0 Å². The molecule has 0 fully saturated rings. The molecule has 0 aliphatic rings. The van der Waals surface area contributed by atoms with Crippen molar-refractivity contribution in [3.63, 3.8) is 0 Å². The Labute approximate surface area is 142 Å². The van der Waals surface area contributed by atoms with Crippen molar-refractivity contribution >= 4 is 39.3 Å². The predicted molar refractivity (Wildman–Crippen MR) is 93.0 cm³/mol. The molecule has 0 saturated carbocycles. The first-order valence-electron chi connectivity index (χ1n) is 6.73. The van der Waals surface area contributed by atoms with Crippen molar-refractivity contribution in [1.82, 2.24) is 14.8 Å². The maximum Gasteiger partial charge on any atom is 0.237 e. The second-order valence-electron chi connectivity index (χ2n) is 4.79. The second kappa shape index (κ2) is 7.60. The van der Waals surface area contributed by atoms with E-state index in [4.69, 9.17) is 0 Å². The Balaban J connectivity index is 2.02. The number of rotatable bonds is 6. The van der Waals surface area contributed by atoms with Gasteiger partial charge in [0, 0.05) is 11.0 Å². The highest BCUT2D eigenvalue weighted by Gasteiger charge is 2.18. The number of aromatic nitrogens is 3. The molecule has 0 saturated heterocycles. The first-order valence-corrected chi connectivity index (χ1v) is 8.41. The van der Waals surface area contributed by atoms with Crippen LogP contribution in [0.2, 0.25) is 0 Å². The number of hydrogen-bond donors (Lipinski definition) is 1. The van der Waals surface area contributed by atoms with E-state index >= 15 is 0 Å². The number of carbonyl (C=O) groups is 1. The minimum Gasteiger partial charge on any atom is -0.324 e. The summed E-state index contributed by atoms with van der Waals surface area (Å²) in [6.45, 7) is 8.16. The van der Waals surface area contributed by atoms with Crippen LogP contribution in [0.15, 0.2) is 46.8 Å². The summed E-state index contributed by atoms with van der Waals surface area (Å²) in [5.41, 5.74) is 1.89.